The number of carbonyl (C=O) groups is 1. The summed E-state index contributed by atoms with van der Waals surface area (Å²) in [4.78, 5) is 29.6. The first kappa shape index (κ1) is 12.7. The van der Waals surface area contributed by atoms with Crippen LogP contribution in [0.2, 0.25) is 0 Å². The van der Waals surface area contributed by atoms with Crippen LogP contribution in [0.15, 0.2) is 42.9 Å². The number of aromatic amines is 1. The van der Waals surface area contributed by atoms with Gasteiger partial charge in [-0.05, 0) is 12.1 Å². The standard InChI is InChI=1S/C12H12N4O3/c17-12(10-4-2-1-3-5-10)15(16(18)19)7-6-11-8-13-9-14-11/h1-5,8-9H,6-7H2,(H,13,14). The van der Waals surface area contributed by atoms with E-state index in [0.717, 1.165) is 5.69 Å². The van der Waals surface area contributed by atoms with E-state index in [-0.39, 0.29) is 6.54 Å². The monoisotopic (exact) mass is 260 g/mol. The predicted molar refractivity (Wildman–Crippen MR) is 66.8 cm³/mol. The zero-order valence-electron chi connectivity index (χ0n) is 10.0. The van der Waals surface area contributed by atoms with E-state index in [0.29, 0.717) is 17.0 Å². The SMILES string of the molecule is O=C(c1ccccc1)N(CCc1cnc[nH]1)[N+](=O)[O-]. The molecule has 0 aliphatic carbocycles. The minimum absolute atomic E-state index is 0.0110. The number of imidazole rings is 1. The van der Waals surface area contributed by atoms with Crippen molar-refractivity contribution in [3.05, 3.63) is 64.2 Å². The first-order valence-electron chi connectivity index (χ1n) is 5.67. The minimum Gasteiger partial charge on any atom is -0.348 e. The van der Waals surface area contributed by atoms with Gasteiger partial charge >= 0.3 is 5.91 Å². The molecule has 0 bridgehead atoms. The molecule has 0 aliphatic rings. The van der Waals surface area contributed by atoms with Crippen molar-refractivity contribution >= 4 is 5.91 Å². The van der Waals surface area contributed by atoms with E-state index in [1.807, 2.05) is 0 Å². The maximum Gasteiger partial charge on any atom is 0.313 e. The Morgan fingerprint density at radius 3 is 2.68 bits per heavy atom. The lowest BCUT2D eigenvalue weighted by molar-refractivity contribution is -0.631. The summed E-state index contributed by atoms with van der Waals surface area (Å²) in [5, 5.41) is 10.9. The summed E-state index contributed by atoms with van der Waals surface area (Å²) in [5.74, 6) is -0.620. The second-order valence-corrected chi connectivity index (χ2v) is 3.86. The van der Waals surface area contributed by atoms with E-state index in [2.05, 4.69) is 9.97 Å². The van der Waals surface area contributed by atoms with Gasteiger partial charge in [-0.3, -0.25) is 4.79 Å². The summed E-state index contributed by atoms with van der Waals surface area (Å²) in [6.45, 7) is -0.0110. The van der Waals surface area contributed by atoms with Crippen LogP contribution in [0.3, 0.4) is 0 Å². The topological polar surface area (TPSA) is 92.1 Å². The summed E-state index contributed by atoms with van der Waals surface area (Å²) in [7, 11) is 0. The van der Waals surface area contributed by atoms with E-state index in [9.17, 15) is 14.9 Å². The molecule has 2 rings (SSSR count). The molecule has 0 saturated heterocycles. The number of aromatic nitrogens is 2. The Hall–Kier alpha value is -2.70. The fraction of sp³-hybridized carbons (Fsp3) is 0.167. The number of hydrazine groups is 1. The number of benzene rings is 1. The predicted octanol–water partition coefficient (Wildman–Crippen LogP) is 1.29. The molecule has 0 saturated carbocycles. The third-order valence-corrected chi connectivity index (χ3v) is 2.60. The molecule has 1 aromatic carbocycles. The Kier molecular flexibility index (Phi) is 3.87. The summed E-state index contributed by atoms with van der Waals surface area (Å²) in [5.41, 5.74) is 1.04. The van der Waals surface area contributed by atoms with Crippen molar-refractivity contribution in [3.8, 4) is 0 Å². The van der Waals surface area contributed by atoms with Gasteiger partial charge in [0.15, 0.2) is 5.03 Å². The van der Waals surface area contributed by atoms with Crippen LogP contribution in [0.25, 0.3) is 0 Å². The number of nitrogens with zero attached hydrogens (tertiary/aromatic N) is 3. The largest absolute Gasteiger partial charge is 0.348 e. The third-order valence-electron chi connectivity index (χ3n) is 2.60. The molecule has 0 spiro atoms. The molecule has 1 heterocycles. The van der Waals surface area contributed by atoms with Gasteiger partial charge in [-0.15, -0.1) is 0 Å². The summed E-state index contributed by atoms with van der Waals surface area (Å²) in [6.07, 6.45) is 3.41. The summed E-state index contributed by atoms with van der Waals surface area (Å²) < 4.78 is 0. The zero-order valence-corrected chi connectivity index (χ0v) is 10.0. The number of carbonyl (C=O) groups excluding carboxylic acids is 1. The first-order valence-corrected chi connectivity index (χ1v) is 5.67. The van der Waals surface area contributed by atoms with Crippen molar-refractivity contribution in [2.45, 2.75) is 6.42 Å². The van der Waals surface area contributed by atoms with Gasteiger partial charge in [0.05, 0.1) is 12.9 Å². The molecule has 98 valence electrons. The molecule has 1 aromatic heterocycles. The second-order valence-electron chi connectivity index (χ2n) is 3.86. The summed E-state index contributed by atoms with van der Waals surface area (Å²) in [6, 6.07) is 8.18. The van der Waals surface area contributed by atoms with E-state index in [4.69, 9.17) is 0 Å². The lowest BCUT2D eigenvalue weighted by Gasteiger charge is -2.11. The molecule has 19 heavy (non-hydrogen) atoms. The van der Waals surface area contributed by atoms with E-state index in [1.54, 1.807) is 36.5 Å². The van der Waals surface area contributed by atoms with Crippen LogP contribution in [0, 0.1) is 10.1 Å². The number of hydrogen-bond donors (Lipinski definition) is 1. The lowest BCUT2D eigenvalue weighted by atomic mass is 10.2. The van der Waals surface area contributed by atoms with Crippen LogP contribution in [0.4, 0.5) is 0 Å². The van der Waals surface area contributed by atoms with Gasteiger partial charge in [0.25, 0.3) is 0 Å². The van der Waals surface area contributed by atoms with Crippen molar-refractivity contribution in [2.24, 2.45) is 0 Å². The molecule has 0 unspecified atom stereocenters. The second kappa shape index (κ2) is 5.76. The van der Waals surface area contributed by atoms with Crippen molar-refractivity contribution < 1.29 is 9.83 Å². The normalized spacial score (nSPS) is 10.1. The van der Waals surface area contributed by atoms with Crippen molar-refractivity contribution in [2.75, 3.05) is 6.54 Å². The van der Waals surface area contributed by atoms with Crippen molar-refractivity contribution in [3.63, 3.8) is 0 Å². The minimum atomic E-state index is -0.689. The maximum atomic E-state index is 12.0. The van der Waals surface area contributed by atoms with E-state index < -0.39 is 10.9 Å². The number of amides is 1. The molecule has 1 N–H and O–H groups in total. The summed E-state index contributed by atoms with van der Waals surface area (Å²) >= 11 is 0. The lowest BCUT2D eigenvalue weighted by Crippen LogP contribution is -2.37. The molecule has 0 radical (unpaired) electrons. The Morgan fingerprint density at radius 1 is 1.37 bits per heavy atom. The molecular weight excluding hydrogens is 248 g/mol. The van der Waals surface area contributed by atoms with Gasteiger partial charge < -0.3 is 4.98 Å². The van der Waals surface area contributed by atoms with Crippen LogP contribution in [-0.4, -0.2) is 32.5 Å². The average Bonchev–Trinajstić information content (AvgIpc) is 2.92. The number of hydrogen-bond acceptors (Lipinski definition) is 4. The molecule has 7 heteroatoms. The van der Waals surface area contributed by atoms with E-state index in [1.165, 1.54) is 6.33 Å². The van der Waals surface area contributed by atoms with Gasteiger partial charge in [-0.1, -0.05) is 23.2 Å². The van der Waals surface area contributed by atoms with Crippen LogP contribution in [0.5, 0.6) is 0 Å². The first-order chi connectivity index (χ1) is 9.18. The van der Waals surface area contributed by atoms with Crippen LogP contribution < -0.4 is 0 Å². The molecule has 0 fully saturated rings. The van der Waals surface area contributed by atoms with Gasteiger partial charge in [0.2, 0.25) is 0 Å². The quantitative estimate of drug-likeness (QED) is 0.647. The fourth-order valence-electron chi connectivity index (χ4n) is 1.63. The van der Waals surface area contributed by atoms with Crippen LogP contribution >= 0.6 is 0 Å². The van der Waals surface area contributed by atoms with Crippen molar-refractivity contribution in [1.82, 2.24) is 15.0 Å². The average molecular weight is 260 g/mol. The smallest absolute Gasteiger partial charge is 0.313 e. The highest BCUT2D eigenvalue weighted by atomic mass is 16.7. The highest BCUT2D eigenvalue weighted by Crippen LogP contribution is 2.06. The number of rotatable bonds is 5. The van der Waals surface area contributed by atoms with Gasteiger partial charge in [0.1, 0.15) is 0 Å². The highest BCUT2D eigenvalue weighted by Gasteiger charge is 2.25. The number of nitrogens with one attached hydrogen (secondary N) is 1. The van der Waals surface area contributed by atoms with Gasteiger partial charge in [0, 0.05) is 23.9 Å². The highest BCUT2D eigenvalue weighted by molar-refractivity contribution is 5.93. The Balaban J connectivity index is 2.08. The van der Waals surface area contributed by atoms with E-state index >= 15 is 0 Å². The number of nitro groups is 1. The van der Waals surface area contributed by atoms with Gasteiger partial charge in [-0.2, -0.15) is 0 Å². The number of H-pyrrole nitrogens is 1. The zero-order chi connectivity index (χ0) is 13.7. The van der Waals surface area contributed by atoms with Crippen LogP contribution in [-0.2, 0) is 6.42 Å². The fourth-order valence-corrected chi connectivity index (χ4v) is 1.63. The molecule has 2 aromatic rings. The Morgan fingerprint density at radius 2 is 2.11 bits per heavy atom. The molecule has 0 aliphatic heterocycles. The Bertz CT molecular complexity index is 554. The van der Waals surface area contributed by atoms with Gasteiger partial charge in [-0.25, -0.2) is 15.1 Å². The Labute approximate surface area is 109 Å². The van der Waals surface area contributed by atoms with Crippen molar-refractivity contribution in [1.29, 1.82) is 0 Å². The molecule has 7 nitrogen and oxygen atoms in total. The molecule has 1 amide bonds. The molecule has 0 atom stereocenters. The van der Waals surface area contributed by atoms with Crippen LogP contribution in [0.1, 0.15) is 16.1 Å². The third kappa shape index (κ3) is 3.15. The molecular formula is C12H12N4O3. The maximum absolute atomic E-state index is 12.0.